The normalized spacial score (nSPS) is 23.2. The minimum atomic E-state index is -1.73. The van der Waals surface area contributed by atoms with Crippen LogP contribution in [-0.4, -0.2) is 32.4 Å². The Morgan fingerprint density at radius 2 is 1.86 bits per heavy atom. The highest BCUT2D eigenvalue weighted by molar-refractivity contribution is 6.73. The Morgan fingerprint density at radius 1 is 1.29 bits per heavy atom. The van der Waals surface area contributed by atoms with Gasteiger partial charge in [0.1, 0.15) is 12.1 Å². The average molecular weight is 315 g/mol. The zero-order valence-corrected chi connectivity index (χ0v) is 15.0. The molecule has 0 bridgehead atoms. The Bertz CT molecular complexity index is 364. The molecule has 6 heteroatoms. The molecule has 122 valence electrons. The van der Waals surface area contributed by atoms with Crippen molar-refractivity contribution in [3.05, 3.63) is 0 Å². The van der Waals surface area contributed by atoms with E-state index in [1.54, 1.807) is 0 Å². The van der Waals surface area contributed by atoms with Gasteiger partial charge in [-0.3, -0.25) is 9.59 Å². The molecular weight excluding hydrogens is 284 g/mol. The number of nitrogens with one attached hydrogen (secondary N) is 2. The fourth-order valence-electron chi connectivity index (χ4n) is 2.94. The molecule has 5 nitrogen and oxygen atoms in total. The maximum Gasteiger partial charge on any atom is 0.231 e. The van der Waals surface area contributed by atoms with E-state index in [4.69, 9.17) is 4.43 Å². The largest absolute Gasteiger partial charge is 0.413 e. The molecule has 0 saturated carbocycles. The van der Waals surface area contributed by atoms with Crippen molar-refractivity contribution < 1.29 is 14.0 Å². The maximum atomic E-state index is 11.8. The predicted molar refractivity (Wildman–Crippen MR) is 86.2 cm³/mol. The molecule has 0 spiro atoms. The van der Waals surface area contributed by atoms with Crippen LogP contribution in [0.1, 0.15) is 47.5 Å². The van der Waals surface area contributed by atoms with Crippen LogP contribution in [0.15, 0.2) is 0 Å². The highest BCUT2D eigenvalue weighted by Gasteiger charge is 2.46. The molecule has 1 aliphatic rings. The highest BCUT2D eigenvalue weighted by atomic mass is 28.4. The molecule has 3 atom stereocenters. The van der Waals surface area contributed by atoms with E-state index < -0.39 is 8.32 Å². The van der Waals surface area contributed by atoms with Gasteiger partial charge in [0.2, 0.25) is 11.8 Å². The van der Waals surface area contributed by atoms with Gasteiger partial charge in [0.25, 0.3) is 0 Å². The van der Waals surface area contributed by atoms with Gasteiger partial charge in [-0.05, 0) is 31.5 Å². The van der Waals surface area contributed by atoms with E-state index in [2.05, 4.69) is 31.4 Å². The molecule has 1 aliphatic heterocycles. The molecule has 0 aromatic rings. The van der Waals surface area contributed by atoms with E-state index >= 15 is 0 Å². The SMILES string of the molecule is CCCC(=O)N[C@@H]1NC(=O)[C@@H]1[C@@H](C)O[Si](CC)(CC)CC. The average Bonchev–Trinajstić information content (AvgIpc) is 2.44. The van der Waals surface area contributed by atoms with Crippen LogP contribution in [0.25, 0.3) is 0 Å². The second-order valence-corrected chi connectivity index (χ2v) is 10.6. The Morgan fingerprint density at radius 3 is 2.29 bits per heavy atom. The lowest BCUT2D eigenvalue weighted by molar-refractivity contribution is -0.143. The molecule has 21 heavy (non-hydrogen) atoms. The summed E-state index contributed by atoms with van der Waals surface area (Å²) < 4.78 is 6.36. The first kappa shape index (κ1) is 18.2. The number of β-lactam (4-membered cyclic amide) rings is 1. The number of amides is 2. The lowest BCUT2D eigenvalue weighted by Gasteiger charge is -2.43. The van der Waals surface area contributed by atoms with Crippen LogP contribution >= 0.6 is 0 Å². The van der Waals surface area contributed by atoms with Crippen LogP contribution in [0.3, 0.4) is 0 Å². The Labute approximate surface area is 129 Å². The highest BCUT2D eigenvalue weighted by Crippen LogP contribution is 2.28. The third-order valence-corrected chi connectivity index (χ3v) is 9.37. The third kappa shape index (κ3) is 4.29. The first-order valence-electron chi connectivity index (χ1n) is 8.20. The first-order chi connectivity index (χ1) is 9.92. The van der Waals surface area contributed by atoms with Crippen molar-refractivity contribution in [3.8, 4) is 0 Å². The van der Waals surface area contributed by atoms with E-state index in [0.717, 1.165) is 24.6 Å². The summed E-state index contributed by atoms with van der Waals surface area (Å²) in [6.45, 7) is 10.4. The minimum absolute atomic E-state index is 0.00955. The van der Waals surface area contributed by atoms with Crippen molar-refractivity contribution in [3.63, 3.8) is 0 Å². The summed E-state index contributed by atoms with van der Waals surface area (Å²) in [7, 11) is -1.73. The lowest BCUT2D eigenvalue weighted by Crippen LogP contribution is -2.69. The van der Waals surface area contributed by atoms with E-state index in [1.807, 2.05) is 13.8 Å². The minimum Gasteiger partial charge on any atom is -0.413 e. The molecule has 1 heterocycles. The quantitative estimate of drug-likeness (QED) is 0.507. The monoisotopic (exact) mass is 314 g/mol. The van der Waals surface area contributed by atoms with E-state index in [1.165, 1.54) is 0 Å². The van der Waals surface area contributed by atoms with Gasteiger partial charge in [-0.1, -0.05) is 27.7 Å². The van der Waals surface area contributed by atoms with Crippen molar-refractivity contribution in [2.45, 2.75) is 77.9 Å². The Kier molecular flexibility index (Phi) is 6.87. The van der Waals surface area contributed by atoms with Crippen LogP contribution in [-0.2, 0) is 14.0 Å². The van der Waals surface area contributed by atoms with Gasteiger partial charge in [-0.15, -0.1) is 0 Å². The van der Waals surface area contributed by atoms with Crippen molar-refractivity contribution in [1.29, 1.82) is 0 Å². The van der Waals surface area contributed by atoms with Gasteiger partial charge in [-0.2, -0.15) is 0 Å². The van der Waals surface area contributed by atoms with Crippen molar-refractivity contribution in [2.24, 2.45) is 5.92 Å². The van der Waals surface area contributed by atoms with Crippen molar-refractivity contribution in [2.75, 3.05) is 0 Å². The van der Waals surface area contributed by atoms with Gasteiger partial charge in [0.15, 0.2) is 8.32 Å². The summed E-state index contributed by atoms with van der Waals surface area (Å²) in [5.41, 5.74) is 0. The summed E-state index contributed by atoms with van der Waals surface area (Å²) in [4.78, 5) is 23.5. The van der Waals surface area contributed by atoms with Gasteiger partial charge in [0, 0.05) is 6.42 Å². The topological polar surface area (TPSA) is 67.4 Å². The Balaban J connectivity index is 2.64. The molecule has 0 aliphatic carbocycles. The molecule has 1 fully saturated rings. The van der Waals surface area contributed by atoms with E-state index in [0.29, 0.717) is 6.42 Å². The molecule has 2 N–H and O–H groups in total. The maximum absolute atomic E-state index is 11.8. The van der Waals surface area contributed by atoms with E-state index in [9.17, 15) is 9.59 Å². The van der Waals surface area contributed by atoms with Crippen LogP contribution in [0.4, 0.5) is 0 Å². The molecular formula is C15H30N2O3Si. The summed E-state index contributed by atoms with van der Waals surface area (Å²) in [5.74, 6) is -0.289. The van der Waals surface area contributed by atoms with Crippen molar-refractivity contribution >= 4 is 20.1 Å². The number of carbonyl (C=O) groups excluding carboxylic acids is 2. The fraction of sp³-hybridized carbons (Fsp3) is 0.867. The second kappa shape index (κ2) is 7.94. The molecule has 0 unspecified atom stereocenters. The standard InChI is InChI=1S/C15H30N2O3Si/c1-6-10-12(18)16-14-13(15(19)17-14)11(5)20-21(7-2,8-3)9-4/h11,13-14H,6-10H2,1-5H3,(H,16,18)(H,17,19)/t11-,13-,14-/m1/s1. The lowest BCUT2D eigenvalue weighted by atomic mass is 9.91. The van der Waals surface area contributed by atoms with Crippen molar-refractivity contribution in [1.82, 2.24) is 10.6 Å². The number of rotatable bonds is 9. The van der Waals surface area contributed by atoms with Gasteiger partial charge < -0.3 is 15.1 Å². The number of hydrogen-bond donors (Lipinski definition) is 2. The smallest absolute Gasteiger partial charge is 0.231 e. The van der Waals surface area contributed by atoms with Crippen LogP contribution in [0.2, 0.25) is 18.1 Å². The molecule has 0 aromatic carbocycles. The summed E-state index contributed by atoms with van der Waals surface area (Å²) in [5, 5.41) is 5.65. The van der Waals surface area contributed by atoms with Crippen LogP contribution in [0.5, 0.6) is 0 Å². The van der Waals surface area contributed by atoms with Crippen LogP contribution in [0, 0.1) is 5.92 Å². The summed E-state index contributed by atoms with van der Waals surface area (Å²) >= 11 is 0. The van der Waals surface area contributed by atoms with E-state index in [-0.39, 0.29) is 30.0 Å². The fourth-order valence-corrected chi connectivity index (χ4v) is 5.88. The number of hydrogen-bond acceptors (Lipinski definition) is 3. The molecule has 1 saturated heterocycles. The molecule has 1 rings (SSSR count). The van der Waals surface area contributed by atoms with Gasteiger partial charge in [0.05, 0.1) is 6.10 Å². The summed E-state index contributed by atoms with van der Waals surface area (Å²) in [6.07, 6.45) is 0.883. The van der Waals surface area contributed by atoms with Gasteiger partial charge >= 0.3 is 0 Å². The zero-order chi connectivity index (χ0) is 16.0. The third-order valence-electron chi connectivity index (χ3n) is 4.63. The van der Waals surface area contributed by atoms with Gasteiger partial charge in [-0.25, -0.2) is 0 Å². The molecule has 0 aromatic heterocycles. The number of carbonyl (C=O) groups is 2. The van der Waals surface area contributed by atoms with Crippen LogP contribution < -0.4 is 10.6 Å². The Hall–Kier alpha value is -0.883. The predicted octanol–water partition coefficient (Wildman–Crippen LogP) is 2.39. The zero-order valence-electron chi connectivity index (χ0n) is 14.0. The molecule has 2 amide bonds. The summed E-state index contributed by atoms with van der Waals surface area (Å²) in [6, 6.07) is 3.18. The molecule has 0 radical (unpaired) electrons. The first-order valence-corrected chi connectivity index (χ1v) is 10.7. The second-order valence-electron chi connectivity index (χ2n) is 5.90.